The number of fused-ring (bicyclic) bond motifs is 6. The molecule has 0 bridgehead atoms. The summed E-state index contributed by atoms with van der Waals surface area (Å²) in [6.45, 7) is 0. The van der Waals surface area contributed by atoms with E-state index in [4.69, 9.17) is 9.97 Å². The van der Waals surface area contributed by atoms with E-state index in [1.165, 1.54) is 49.7 Å². The molecule has 0 N–H and O–H groups in total. The van der Waals surface area contributed by atoms with Gasteiger partial charge in [-0.25, -0.2) is 0 Å². The summed E-state index contributed by atoms with van der Waals surface area (Å²) in [5, 5.41) is 4.73. The van der Waals surface area contributed by atoms with Gasteiger partial charge in [-0.05, 0) is 69.8 Å². The molecule has 6 aromatic carbocycles. The molecule has 0 aliphatic heterocycles. The van der Waals surface area contributed by atoms with Crippen LogP contribution in [0.15, 0.2) is 164 Å². The topological polar surface area (TPSA) is 30.7 Å². The van der Waals surface area contributed by atoms with Crippen molar-refractivity contribution in [2.45, 2.75) is 0 Å². The number of aromatic nitrogens is 3. The van der Waals surface area contributed by atoms with Crippen LogP contribution in [-0.2, 0) is 0 Å². The minimum atomic E-state index is 0.922. The smallest absolute Gasteiger partial charge is 0.0970 e. The first-order chi connectivity index (χ1) is 22.3. The first-order valence-electron chi connectivity index (χ1n) is 15.3. The lowest BCUT2D eigenvalue weighted by Gasteiger charge is -2.12. The molecule has 0 fully saturated rings. The van der Waals surface area contributed by atoms with Gasteiger partial charge in [-0.2, -0.15) is 0 Å². The maximum atomic E-state index is 4.82. The fourth-order valence-electron chi connectivity index (χ4n) is 6.89. The molecular weight excluding hydrogens is 546 g/mol. The fraction of sp³-hybridized carbons (Fsp3) is 0. The number of hydrogen-bond acceptors (Lipinski definition) is 2. The molecule has 0 amide bonds. The van der Waals surface area contributed by atoms with Crippen LogP contribution in [0, 0.1) is 0 Å². The van der Waals surface area contributed by atoms with Crippen LogP contribution in [0.1, 0.15) is 0 Å². The van der Waals surface area contributed by atoms with E-state index in [0.29, 0.717) is 0 Å². The predicted molar refractivity (Wildman–Crippen MR) is 188 cm³/mol. The third-order valence-electron chi connectivity index (χ3n) is 8.92. The van der Waals surface area contributed by atoms with E-state index in [2.05, 4.69) is 150 Å². The molecule has 0 aliphatic carbocycles. The Morgan fingerprint density at radius 2 is 0.889 bits per heavy atom. The van der Waals surface area contributed by atoms with Gasteiger partial charge in [0.1, 0.15) is 0 Å². The molecule has 3 aromatic heterocycles. The van der Waals surface area contributed by atoms with Crippen molar-refractivity contribution < 1.29 is 0 Å². The second-order valence-electron chi connectivity index (χ2n) is 11.4. The summed E-state index contributed by atoms with van der Waals surface area (Å²) < 4.78 is 2.37. The number of para-hydroxylation sites is 2. The van der Waals surface area contributed by atoms with Crippen LogP contribution in [0.25, 0.3) is 82.7 Å². The first-order valence-corrected chi connectivity index (χ1v) is 15.3. The predicted octanol–water partition coefficient (Wildman–Crippen LogP) is 10.9. The Labute approximate surface area is 260 Å². The zero-order valence-electron chi connectivity index (χ0n) is 24.4. The number of pyridine rings is 2. The number of nitrogens with zero attached hydrogens (tertiary/aromatic N) is 3. The van der Waals surface area contributed by atoms with Crippen molar-refractivity contribution >= 4 is 43.6 Å². The van der Waals surface area contributed by atoms with Crippen molar-refractivity contribution in [3.05, 3.63) is 164 Å². The second kappa shape index (κ2) is 10.3. The highest BCUT2D eigenvalue weighted by molar-refractivity contribution is 6.16. The van der Waals surface area contributed by atoms with Crippen molar-refractivity contribution in [2.24, 2.45) is 0 Å². The molecule has 210 valence electrons. The maximum absolute atomic E-state index is 4.82. The summed E-state index contributed by atoms with van der Waals surface area (Å²) in [7, 11) is 0. The molecule has 0 spiro atoms. The minimum absolute atomic E-state index is 0.922. The Kier molecular flexibility index (Phi) is 5.82. The van der Waals surface area contributed by atoms with Gasteiger partial charge < -0.3 is 4.57 Å². The molecule has 0 aliphatic rings. The monoisotopic (exact) mass is 573 g/mol. The van der Waals surface area contributed by atoms with Gasteiger partial charge in [0.2, 0.25) is 0 Å². The average Bonchev–Trinajstić information content (AvgIpc) is 3.46. The lowest BCUT2D eigenvalue weighted by molar-refractivity contribution is 1.18. The van der Waals surface area contributed by atoms with Crippen LogP contribution in [0.3, 0.4) is 0 Å². The molecule has 0 saturated carbocycles. The van der Waals surface area contributed by atoms with Gasteiger partial charge in [0, 0.05) is 39.6 Å². The highest BCUT2D eigenvalue weighted by Gasteiger charge is 2.16. The maximum Gasteiger partial charge on any atom is 0.0970 e. The largest absolute Gasteiger partial charge is 0.309 e. The van der Waals surface area contributed by atoms with Crippen molar-refractivity contribution in [3.8, 4) is 39.1 Å². The minimum Gasteiger partial charge on any atom is -0.309 e. The lowest BCUT2D eigenvalue weighted by Crippen LogP contribution is -1.92. The Bertz CT molecular complexity index is 2510. The average molecular weight is 574 g/mol. The third kappa shape index (κ3) is 4.05. The van der Waals surface area contributed by atoms with Crippen molar-refractivity contribution in [2.75, 3.05) is 0 Å². The molecular formula is C42H27N3. The van der Waals surface area contributed by atoms with E-state index in [1.54, 1.807) is 0 Å². The molecule has 0 radical (unpaired) electrons. The highest BCUT2D eigenvalue weighted by atomic mass is 15.0. The summed E-state index contributed by atoms with van der Waals surface area (Å²) in [6, 6.07) is 54.0. The highest BCUT2D eigenvalue weighted by Crippen LogP contribution is 2.40. The second-order valence-corrected chi connectivity index (χ2v) is 11.4. The van der Waals surface area contributed by atoms with E-state index in [9.17, 15) is 0 Å². The fourth-order valence-corrected chi connectivity index (χ4v) is 6.89. The van der Waals surface area contributed by atoms with Crippen molar-refractivity contribution in [3.63, 3.8) is 0 Å². The normalized spacial score (nSPS) is 11.6. The van der Waals surface area contributed by atoms with Crippen LogP contribution in [0.5, 0.6) is 0 Å². The number of benzene rings is 6. The van der Waals surface area contributed by atoms with Crippen LogP contribution < -0.4 is 0 Å². The van der Waals surface area contributed by atoms with Gasteiger partial charge in [0.05, 0.1) is 22.1 Å². The zero-order valence-corrected chi connectivity index (χ0v) is 24.4. The van der Waals surface area contributed by atoms with Crippen LogP contribution in [-0.4, -0.2) is 14.5 Å². The summed E-state index contributed by atoms with van der Waals surface area (Å²) >= 11 is 0. The van der Waals surface area contributed by atoms with Gasteiger partial charge in [-0.15, -0.1) is 0 Å². The van der Waals surface area contributed by atoms with E-state index in [-0.39, 0.29) is 0 Å². The molecule has 45 heavy (non-hydrogen) atoms. The van der Waals surface area contributed by atoms with Crippen LogP contribution in [0.4, 0.5) is 0 Å². The Hall–Kier alpha value is -6.06. The van der Waals surface area contributed by atoms with Gasteiger partial charge in [0.25, 0.3) is 0 Å². The molecule has 0 unspecified atom stereocenters. The van der Waals surface area contributed by atoms with Gasteiger partial charge >= 0.3 is 0 Å². The molecule has 0 atom stereocenters. The summed E-state index contributed by atoms with van der Waals surface area (Å²) in [5.74, 6) is 0. The molecule has 3 nitrogen and oxygen atoms in total. The molecule has 9 rings (SSSR count). The quantitative estimate of drug-likeness (QED) is 0.196. The van der Waals surface area contributed by atoms with E-state index in [0.717, 1.165) is 32.9 Å². The Balaban J connectivity index is 1.18. The zero-order chi connectivity index (χ0) is 29.7. The molecule has 3 heteroatoms. The standard InChI is InChI=1S/C42H27N3/c1-3-10-28(11-4-1)32-24-26-43-41-35(32)22-23-36-33(25-27-44-42(36)41)29-18-20-30(21-19-29)34-15-9-17-39-40(34)37-14-7-8-16-38(37)45(39)31-12-5-2-6-13-31/h1-27H. The number of rotatable bonds is 4. The first kappa shape index (κ1) is 25.4. The third-order valence-corrected chi connectivity index (χ3v) is 8.92. The lowest BCUT2D eigenvalue weighted by atomic mass is 9.94. The molecule has 3 heterocycles. The number of hydrogen-bond donors (Lipinski definition) is 0. The van der Waals surface area contributed by atoms with E-state index in [1.807, 2.05) is 18.5 Å². The Morgan fingerprint density at radius 1 is 0.356 bits per heavy atom. The molecule has 9 aromatic rings. The summed E-state index contributed by atoms with van der Waals surface area (Å²) in [6.07, 6.45) is 3.80. The van der Waals surface area contributed by atoms with E-state index < -0.39 is 0 Å². The molecule has 0 saturated heterocycles. The van der Waals surface area contributed by atoms with Crippen molar-refractivity contribution in [1.82, 2.24) is 14.5 Å². The van der Waals surface area contributed by atoms with Crippen LogP contribution >= 0.6 is 0 Å². The van der Waals surface area contributed by atoms with Crippen LogP contribution in [0.2, 0.25) is 0 Å². The van der Waals surface area contributed by atoms with Gasteiger partial charge in [-0.1, -0.05) is 115 Å². The SMILES string of the molecule is c1ccc(-c2ccnc3c2ccc2c(-c4ccc(-c5cccc6c5c5ccccc5n6-c5ccccc5)cc4)ccnc23)cc1. The summed E-state index contributed by atoms with van der Waals surface area (Å²) in [4.78, 5) is 9.62. The van der Waals surface area contributed by atoms with Gasteiger partial charge in [0.15, 0.2) is 0 Å². The summed E-state index contributed by atoms with van der Waals surface area (Å²) in [5.41, 5.74) is 12.5. The van der Waals surface area contributed by atoms with Gasteiger partial charge in [-0.3, -0.25) is 9.97 Å². The van der Waals surface area contributed by atoms with E-state index >= 15 is 0 Å². The van der Waals surface area contributed by atoms with Crippen molar-refractivity contribution in [1.29, 1.82) is 0 Å². The Morgan fingerprint density at radius 3 is 1.56 bits per heavy atom.